The summed E-state index contributed by atoms with van der Waals surface area (Å²) in [4.78, 5) is 17.5. The fourth-order valence-corrected chi connectivity index (χ4v) is 3.65. The van der Waals surface area contributed by atoms with Crippen molar-refractivity contribution >= 4 is 21.9 Å². The van der Waals surface area contributed by atoms with Crippen molar-refractivity contribution in [3.8, 4) is 40.0 Å². The molecule has 5 aromatic rings. The Labute approximate surface area is 192 Å². The molecule has 0 atom stereocenters. The molecule has 0 saturated carbocycles. The van der Waals surface area contributed by atoms with Gasteiger partial charge in [0.1, 0.15) is 11.4 Å². The number of carbonyl (C=O) groups excluding carboxylic acids is 1. The van der Waals surface area contributed by atoms with E-state index in [0.29, 0.717) is 40.0 Å². The first-order chi connectivity index (χ1) is 15.7. The number of rotatable bonds is 5. The van der Waals surface area contributed by atoms with Gasteiger partial charge < -0.3 is 13.6 Å². The van der Waals surface area contributed by atoms with E-state index in [1.807, 2.05) is 48.5 Å². The molecule has 0 aliphatic carbocycles. The maximum absolute atomic E-state index is 12.7. The van der Waals surface area contributed by atoms with Gasteiger partial charge in [0.15, 0.2) is 11.5 Å². The molecule has 2 aromatic heterocycles. The molecule has 3 aromatic carbocycles. The zero-order valence-electron chi connectivity index (χ0n) is 16.7. The van der Waals surface area contributed by atoms with Crippen LogP contribution in [-0.4, -0.2) is 11.0 Å². The number of ether oxygens (including phenoxy) is 1. The summed E-state index contributed by atoms with van der Waals surface area (Å²) < 4.78 is 18.3. The van der Waals surface area contributed by atoms with Gasteiger partial charge in [-0.3, -0.25) is 0 Å². The number of benzene rings is 3. The van der Waals surface area contributed by atoms with Crippen molar-refractivity contribution in [1.29, 1.82) is 0 Å². The predicted octanol–water partition coefficient (Wildman–Crippen LogP) is 7.25. The smallest absolute Gasteiger partial charge is 0.343 e. The number of esters is 1. The lowest BCUT2D eigenvalue weighted by atomic mass is 10.1. The van der Waals surface area contributed by atoms with E-state index >= 15 is 0 Å². The second kappa shape index (κ2) is 8.69. The lowest BCUT2D eigenvalue weighted by Crippen LogP contribution is -2.09. The fraction of sp³-hybridized carbons (Fsp3) is 0. The van der Waals surface area contributed by atoms with Crippen molar-refractivity contribution in [1.82, 2.24) is 4.98 Å². The molecule has 0 unspecified atom stereocenters. The highest BCUT2D eigenvalue weighted by Crippen LogP contribution is 2.41. The Morgan fingerprint density at radius 1 is 0.875 bits per heavy atom. The Balaban J connectivity index is 1.63. The number of nitrogens with zero attached hydrogens (tertiary/aromatic N) is 1. The number of furan rings is 1. The quantitative estimate of drug-likeness (QED) is 0.193. The third kappa shape index (κ3) is 4.00. The Hall–Kier alpha value is -3.90. The fourth-order valence-electron chi connectivity index (χ4n) is 3.29. The van der Waals surface area contributed by atoms with Crippen molar-refractivity contribution in [3.63, 3.8) is 0 Å². The molecule has 6 heteroatoms. The molecule has 5 rings (SSSR count). The molecule has 0 spiro atoms. The van der Waals surface area contributed by atoms with Gasteiger partial charge in [-0.25, -0.2) is 9.78 Å². The van der Waals surface area contributed by atoms with Crippen LogP contribution in [0.15, 0.2) is 111 Å². The maximum atomic E-state index is 12.7. The summed E-state index contributed by atoms with van der Waals surface area (Å²) in [5.74, 6) is 1.31. The third-order valence-corrected chi connectivity index (χ3v) is 5.29. The largest absolute Gasteiger partial charge is 0.461 e. The van der Waals surface area contributed by atoms with E-state index in [1.54, 1.807) is 48.7 Å². The molecule has 0 aliphatic heterocycles. The van der Waals surface area contributed by atoms with Gasteiger partial charge in [-0.1, -0.05) is 52.3 Å². The average Bonchev–Trinajstić information content (AvgIpc) is 3.51. The van der Waals surface area contributed by atoms with Gasteiger partial charge in [0, 0.05) is 15.6 Å². The Morgan fingerprint density at radius 2 is 1.62 bits per heavy atom. The van der Waals surface area contributed by atoms with Crippen LogP contribution in [-0.2, 0) is 0 Å². The van der Waals surface area contributed by atoms with Crippen LogP contribution in [0.5, 0.6) is 5.75 Å². The standard InChI is InChI=1S/C26H16BrNO4/c27-19-13-14-21(31-26(29)18-10-5-2-6-11-18)20(16-19)23-24(22-12-7-15-30-22)32-25(28-23)17-8-3-1-4-9-17/h1-16H. The van der Waals surface area contributed by atoms with Crippen LogP contribution in [0.3, 0.4) is 0 Å². The van der Waals surface area contributed by atoms with E-state index in [2.05, 4.69) is 15.9 Å². The minimum absolute atomic E-state index is 0.364. The second-order valence-corrected chi connectivity index (χ2v) is 7.85. The summed E-state index contributed by atoms with van der Waals surface area (Å²) in [6.07, 6.45) is 1.57. The normalized spacial score (nSPS) is 10.8. The van der Waals surface area contributed by atoms with Gasteiger partial charge in [-0.15, -0.1) is 0 Å². The molecule has 2 heterocycles. The highest BCUT2D eigenvalue weighted by molar-refractivity contribution is 9.10. The summed E-state index contributed by atoms with van der Waals surface area (Å²) in [6.45, 7) is 0. The summed E-state index contributed by atoms with van der Waals surface area (Å²) in [5.41, 5.74) is 2.39. The van der Waals surface area contributed by atoms with Gasteiger partial charge in [-0.2, -0.15) is 0 Å². The summed E-state index contributed by atoms with van der Waals surface area (Å²) in [6, 6.07) is 27.4. The third-order valence-electron chi connectivity index (χ3n) is 4.80. The molecule has 32 heavy (non-hydrogen) atoms. The first-order valence-electron chi connectivity index (χ1n) is 9.86. The molecule has 0 amide bonds. The van der Waals surface area contributed by atoms with E-state index in [0.717, 1.165) is 10.0 Å². The first kappa shape index (κ1) is 20.0. The van der Waals surface area contributed by atoms with Gasteiger partial charge >= 0.3 is 5.97 Å². The van der Waals surface area contributed by atoms with Crippen LogP contribution in [0.2, 0.25) is 0 Å². The van der Waals surface area contributed by atoms with E-state index < -0.39 is 5.97 Å². The summed E-state index contributed by atoms with van der Waals surface area (Å²) in [7, 11) is 0. The van der Waals surface area contributed by atoms with E-state index in [-0.39, 0.29) is 0 Å². The highest BCUT2D eigenvalue weighted by Gasteiger charge is 2.24. The minimum Gasteiger partial charge on any atom is -0.461 e. The molecule has 0 bridgehead atoms. The monoisotopic (exact) mass is 485 g/mol. The molecule has 5 nitrogen and oxygen atoms in total. The van der Waals surface area contributed by atoms with E-state index in [1.165, 1.54) is 0 Å². The Morgan fingerprint density at radius 3 is 2.34 bits per heavy atom. The lowest BCUT2D eigenvalue weighted by molar-refractivity contribution is 0.0735. The SMILES string of the molecule is O=C(Oc1ccc(Br)cc1-c1nc(-c2ccccc2)oc1-c1ccco1)c1ccccc1. The number of halogens is 1. The molecular formula is C26H16BrNO4. The topological polar surface area (TPSA) is 65.5 Å². The van der Waals surface area contributed by atoms with Crippen LogP contribution in [0, 0.1) is 0 Å². The number of hydrogen-bond donors (Lipinski definition) is 0. The van der Waals surface area contributed by atoms with Crippen LogP contribution in [0.1, 0.15) is 10.4 Å². The predicted molar refractivity (Wildman–Crippen MR) is 124 cm³/mol. The molecule has 0 N–H and O–H groups in total. The number of carbonyl (C=O) groups is 1. The molecule has 0 radical (unpaired) electrons. The molecule has 0 saturated heterocycles. The summed E-state index contributed by atoms with van der Waals surface area (Å²) in [5, 5.41) is 0. The van der Waals surface area contributed by atoms with Crippen molar-refractivity contribution in [2.24, 2.45) is 0 Å². The molecule has 0 aliphatic rings. The molecule has 156 valence electrons. The number of oxazole rings is 1. The first-order valence-corrected chi connectivity index (χ1v) is 10.7. The van der Waals surface area contributed by atoms with Gasteiger partial charge in [0.05, 0.1) is 11.8 Å². The van der Waals surface area contributed by atoms with Gasteiger partial charge in [0.25, 0.3) is 0 Å². The lowest BCUT2D eigenvalue weighted by Gasteiger charge is -2.10. The van der Waals surface area contributed by atoms with Crippen LogP contribution >= 0.6 is 15.9 Å². The Bertz CT molecular complexity index is 1360. The maximum Gasteiger partial charge on any atom is 0.343 e. The number of aromatic nitrogens is 1. The zero-order chi connectivity index (χ0) is 21.9. The van der Waals surface area contributed by atoms with Crippen molar-refractivity contribution in [3.05, 3.63) is 107 Å². The van der Waals surface area contributed by atoms with Crippen LogP contribution < -0.4 is 4.74 Å². The average molecular weight is 486 g/mol. The Kier molecular flexibility index (Phi) is 5.44. The van der Waals surface area contributed by atoms with Crippen LogP contribution in [0.4, 0.5) is 0 Å². The molecular weight excluding hydrogens is 470 g/mol. The van der Waals surface area contributed by atoms with Crippen LogP contribution in [0.25, 0.3) is 34.2 Å². The minimum atomic E-state index is -0.458. The number of hydrogen-bond acceptors (Lipinski definition) is 5. The van der Waals surface area contributed by atoms with Gasteiger partial charge in [0.2, 0.25) is 5.89 Å². The van der Waals surface area contributed by atoms with E-state index in [9.17, 15) is 4.79 Å². The van der Waals surface area contributed by atoms with Crippen molar-refractivity contribution < 1.29 is 18.4 Å². The second-order valence-electron chi connectivity index (χ2n) is 6.94. The van der Waals surface area contributed by atoms with E-state index in [4.69, 9.17) is 18.6 Å². The highest BCUT2D eigenvalue weighted by atomic mass is 79.9. The van der Waals surface area contributed by atoms with Gasteiger partial charge in [-0.05, 0) is 54.6 Å². The summed E-state index contributed by atoms with van der Waals surface area (Å²) >= 11 is 3.51. The van der Waals surface area contributed by atoms with Crippen molar-refractivity contribution in [2.75, 3.05) is 0 Å². The van der Waals surface area contributed by atoms with Crippen molar-refractivity contribution in [2.45, 2.75) is 0 Å². The molecule has 0 fully saturated rings. The zero-order valence-corrected chi connectivity index (χ0v) is 18.3.